The average Bonchev–Trinajstić information content (AvgIpc) is 2.45. The van der Waals surface area contributed by atoms with Crippen LogP contribution in [0.15, 0.2) is 18.2 Å². The normalized spacial score (nSPS) is 16.1. The summed E-state index contributed by atoms with van der Waals surface area (Å²) in [6.45, 7) is 2.39. The van der Waals surface area contributed by atoms with Gasteiger partial charge in [-0.15, -0.1) is 0 Å². The lowest BCUT2D eigenvalue weighted by Gasteiger charge is -2.22. The van der Waals surface area contributed by atoms with Crippen molar-refractivity contribution >= 4 is 34.8 Å². The van der Waals surface area contributed by atoms with Gasteiger partial charge < -0.3 is 15.4 Å². The van der Waals surface area contributed by atoms with Crippen molar-refractivity contribution in [1.29, 1.82) is 0 Å². The van der Waals surface area contributed by atoms with Gasteiger partial charge >= 0.3 is 0 Å². The summed E-state index contributed by atoms with van der Waals surface area (Å²) in [6, 6.07) is 5.15. The molecule has 0 atom stereocenters. The SMILES string of the molecule is O=C(CCOC1CCNCC1)Nc1cccc(Cl)c1Cl. The van der Waals surface area contributed by atoms with Gasteiger partial charge in [0.2, 0.25) is 5.91 Å². The summed E-state index contributed by atoms with van der Waals surface area (Å²) in [5.41, 5.74) is 0.533. The molecule has 1 aliphatic heterocycles. The number of ether oxygens (including phenoxy) is 1. The van der Waals surface area contributed by atoms with E-state index in [0.29, 0.717) is 28.8 Å². The summed E-state index contributed by atoms with van der Waals surface area (Å²) in [7, 11) is 0. The van der Waals surface area contributed by atoms with E-state index in [0.717, 1.165) is 25.9 Å². The number of rotatable bonds is 5. The van der Waals surface area contributed by atoms with Crippen molar-refractivity contribution in [3.63, 3.8) is 0 Å². The second-order valence-electron chi connectivity index (χ2n) is 4.72. The Morgan fingerprint density at radius 3 is 2.85 bits per heavy atom. The zero-order valence-corrected chi connectivity index (χ0v) is 12.6. The van der Waals surface area contributed by atoms with Gasteiger partial charge in [-0.2, -0.15) is 0 Å². The summed E-state index contributed by atoms with van der Waals surface area (Å²) in [6.07, 6.45) is 2.58. The van der Waals surface area contributed by atoms with E-state index in [9.17, 15) is 4.79 Å². The van der Waals surface area contributed by atoms with Crippen molar-refractivity contribution in [2.75, 3.05) is 25.0 Å². The Labute approximate surface area is 128 Å². The number of hydrogen-bond donors (Lipinski definition) is 2. The van der Waals surface area contributed by atoms with Crippen LogP contribution in [0.4, 0.5) is 5.69 Å². The van der Waals surface area contributed by atoms with Gasteiger partial charge in [-0.05, 0) is 38.1 Å². The third-order valence-corrected chi connectivity index (χ3v) is 4.01. The van der Waals surface area contributed by atoms with Crippen LogP contribution < -0.4 is 10.6 Å². The molecule has 4 nitrogen and oxygen atoms in total. The fourth-order valence-corrected chi connectivity index (χ4v) is 2.44. The first-order valence-corrected chi connectivity index (χ1v) is 7.48. The predicted molar refractivity (Wildman–Crippen MR) is 81.6 cm³/mol. The lowest BCUT2D eigenvalue weighted by molar-refractivity contribution is -0.117. The second kappa shape index (κ2) is 7.84. The van der Waals surface area contributed by atoms with E-state index >= 15 is 0 Å². The summed E-state index contributed by atoms with van der Waals surface area (Å²) in [4.78, 5) is 11.8. The number of piperidine rings is 1. The molecule has 0 aromatic heterocycles. The van der Waals surface area contributed by atoms with E-state index in [1.54, 1.807) is 18.2 Å². The Morgan fingerprint density at radius 2 is 2.10 bits per heavy atom. The fraction of sp³-hybridized carbons (Fsp3) is 0.500. The second-order valence-corrected chi connectivity index (χ2v) is 5.50. The molecule has 1 aliphatic rings. The summed E-state index contributed by atoms with van der Waals surface area (Å²) in [5.74, 6) is -0.122. The van der Waals surface area contributed by atoms with Crippen LogP contribution in [0.2, 0.25) is 10.0 Å². The topological polar surface area (TPSA) is 50.4 Å². The molecular weight excluding hydrogens is 299 g/mol. The molecule has 1 heterocycles. The molecule has 0 radical (unpaired) electrons. The number of amides is 1. The highest BCUT2D eigenvalue weighted by Crippen LogP contribution is 2.29. The number of carbonyl (C=O) groups is 1. The van der Waals surface area contributed by atoms with Crippen LogP contribution in [0.5, 0.6) is 0 Å². The smallest absolute Gasteiger partial charge is 0.226 e. The zero-order chi connectivity index (χ0) is 14.4. The highest BCUT2D eigenvalue weighted by atomic mass is 35.5. The van der Waals surface area contributed by atoms with Gasteiger partial charge in [-0.1, -0.05) is 29.3 Å². The van der Waals surface area contributed by atoms with Crippen LogP contribution in [0.25, 0.3) is 0 Å². The van der Waals surface area contributed by atoms with Crippen LogP contribution in [0.3, 0.4) is 0 Å². The van der Waals surface area contributed by atoms with Gasteiger partial charge in [0.1, 0.15) is 0 Å². The van der Waals surface area contributed by atoms with Crippen molar-refractivity contribution in [2.45, 2.75) is 25.4 Å². The van der Waals surface area contributed by atoms with Crippen molar-refractivity contribution in [1.82, 2.24) is 5.32 Å². The maximum atomic E-state index is 11.8. The Morgan fingerprint density at radius 1 is 1.35 bits per heavy atom. The van der Waals surface area contributed by atoms with Crippen LogP contribution in [0, 0.1) is 0 Å². The fourth-order valence-electron chi connectivity index (χ4n) is 2.09. The van der Waals surface area contributed by atoms with E-state index < -0.39 is 0 Å². The summed E-state index contributed by atoms with van der Waals surface area (Å²) in [5, 5.41) is 6.80. The molecule has 0 aliphatic carbocycles. The van der Waals surface area contributed by atoms with Crippen LogP contribution in [0.1, 0.15) is 19.3 Å². The molecule has 1 fully saturated rings. The van der Waals surface area contributed by atoms with Gasteiger partial charge in [0.05, 0.1) is 34.9 Å². The third kappa shape index (κ3) is 4.63. The highest BCUT2D eigenvalue weighted by molar-refractivity contribution is 6.43. The van der Waals surface area contributed by atoms with Gasteiger partial charge in [0.25, 0.3) is 0 Å². The first-order chi connectivity index (χ1) is 9.66. The predicted octanol–water partition coefficient (Wildman–Crippen LogP) is 3.09. The van der Waals surface area contributed by atoms with Gasteiger partial charge in [-0.25, -0.2) is 0 Å². The van der Waals surface area contributed by atoms with Crippen molar-refractivity contribution in [3.8, 4) is 0 Å². The Bertz CT molecular complexity index is 462. The molecule has 1 saturated heterocycles. The molecular formula is C14H18Cl2N2O2. The molecule has 1 aromatic rings. The first-order valence-electron chi connectivity index (χ1n) is 6.73. The Hall–Kier alpha value is -0.810. The van der Waals surface area contributed by atoms with E-state index in [4.69, 9.17) is 27.9 Å². The zero-order valence-electron chi connectivity index (χ0n) is 11.1. The molecule has 2 N–H and O–H groups in total. The number of hydrogen-bond acceptors (Lipinski definition) is 3. The molecule has 1 amide bonds. The number of halogens is 2. The van der Waals surface area contributed by atoms with Gasteiger partial charge in [0, 0.05) is 0 Å². The van der Waals surface area contributed by atoms with E-state index in [-0.39, 0.29) is 12.0 Å². The van der Waals surface area contributed by atoms with Crippen molar-refractivity contribution in [2.24, 2.45) is 0 Å². The molecule has 2 rings (SSSR count). The van der Waals surface area contributed by atoms with Gasteiger partial charge in [0.15, 0.2) is 0 Å². The molecule has 0 unspecified atom stereocenters. The Kier molecular flexibility index (Phi) is 6.10. The molecule has 0 bridgehead atoms. The maximum absolute atomic E-state index is 11.8. The number of carbonyl (C=O) groups excluding carboxylic acids is 1. The molecule has 110 valence electrons. The summed E-state index contributed by atoms with van der Waals surface area (Å²) < 4.78 is 5.69. The number of nitrogens with one attached hydrogen (secondary N) is 2. The molecule has 1 aromatic carbocycles. The van der Waals surface area contributed by atoms with Crippen molar-refractivity contribution < 1.29 is 9.53 Å². The standard InChI is InChI=1S/C14H18Cl2N2O2/c15-11-2-1-3-12(14(11)16)18-13(19)6-9-20-10-4-7-17-8-5-10/h1-3,10,17H,4-9H2,(H,18,19). The van der Waals surface area contributed by atoms with Gasteiger partial charge in [-0.3, -0.25) is 4.79 Å². The highest BCUT2D eigenvalue weighted by Gasteiger charge is 2.14. The van der Waals surface area contributed by atoms with Crippen LogP contribution >= 0.6 is 23.2 Å². The minimum Gasteiger partial charge on any atom is -0.378 e. The van der Waals surface area contributed by atoms with Crippen LogP contribution in [-0.2, 0) is 9.53 Å². The first kappa shape index (κ1) is 15.6. The van der Waals surface area contributed by atoms with E-state index in [2.05, 4.69) is 10.6 Å². The lowest BCUT2D eigenvalue weighted by Crippen LogP contribution is -2.33. The van der Waals surface area contributed by atoms with Crippen LogP contribution in [-0.4, -0.2) is 31.7 Å². The Balaban J connectivity index is 1.73. The minimum atomic E-state index is -0.122. The number of benzene rings is 1. The third-order valence-electron chi connectivity index (χ3n) is 3.19. The molecule has 20 heavy (non-hydrogen) atoms. The monoisotopic (exact) mass is 316 g/mol. The van der Waals surface area contributed by atoms with Crippen molar-refractivity contribution in [3.05, 3.63) is 28.2 Å². The molecule has 6 heteroatoms. The largest absolute Gasteiger partial charge is 0.378 e. The van der Waals surface area contributed by atoms with E-state index in [1.807, 2.05) is 0 Å². The molecule has 0 spiro atoms. The maximum Gasteiger partial charge on any atom is 0.226 e. The summed E-state index contributed by atoms with van der Waals surface area (Å²) >= 11 is 11.9. The lowest BCUT2D eigenvalue weighted by atomic mass is 10.1. The average molecular weight is 317 g/mol. The van der Waals surface area contributed by atoms with E-state index in [1.165, 1.54) is 0 Å². The quantitative estimate of drug-likeness (QED) is 0.877. The number of anilines is 1. The molecule has 0 saturated carbocycles. The minimum absolute atomic E-state index is 0.122.